The third-order valence-electron chi connectivity index (χ3n) is 5.93. The normalized spacial score (nSPS) is 17.1. The number of halogens is 1. The van der Waals surface area contributed by atoms with Gasteiger partial charge in [0.25, 0.3) is 0 Å². The number of benzene rings is 3. The Morgan fingerprint density at radius 3 is 2.88 bits per heavy atom. The van der Waals surface area contributed by atoms with Gasteiger partial charge in [0.15, 0.2) is 5.75 Å². The van der Waals surface area contributed by atoms with Gasteiger partial charge in [0.2, 0.25) is 0 Å². The number of ether oxygens (including phenoxy) is 2. The van der Waals surface area contributed by atoms with Gasteiger partial charge in [-0.25, -0.2) is 9.79 Å². The lowest BCUT2D eigenvalue weighted by atomic mass is 10.1. The summed E-state index contributed by atoms with van der Waals surface area (Å²) in [7, 11) is 0. The summed E-state index contributed by atoms with van der Waals surface area (Å²) in [6.45, 7) is 4.46. The number of carbonyl (C=O) groups is 1. The van der Waals surface area contributed by atoms with Gasteiger partial charge in [-0.3, -0.25) is 0 Å². The van der Waals surface area contributed by atoms with Crippen LogP contribution in [0.3, 0.4) is 0 Å². The smallest absolute Gasteiger partial charge is 0.335 e. The van der Waals surface area contributed by atoms with E-state index in [0.717, 1.165) is 30.2 Å². The molecule has 0 bridgehead atoms. The van der Waals surface area contributed by atoms with Crippen LogP contribution in [0.1, 0.15) is 21.5 Å². The molecule has 2 heterocycles. The molecule has 0 saturated carbocycles. The Kier molecular flexibility index (Phi) is 6.13. The van der Waals surface area contributed by atoms with E-state index >= 15 is 0 Å². The van der Waals surface area contributed by atoms with Gasteiger partial charge in [0, 0.05) is 24.7 Å². The molecule has 1 fully saturated rings. The van der Waals surface area contributed by atoms with E-state index in [-0.39, 0.29) is 11.6 Å². The first-order chi connectivity index (χ1) is 16.5. The summed E-state index contributed by atoms with van der Waals surface area (Å²) in [6, 6.07) is 18.4. The largest absolute Gasteiger partial charge is 0.492 e. The van der Waals surface area contributed by atoms with Gasteiger partial charge in [-0.15, -0.1) is 0 Å². The number of rotatable bonds is 4. The molecule has 8 heteroatoms. The summed E-state index contributed by atoms with van der Waals surface area (Å²) in [5, 5.41) is 13.3. The molecule has 34 heavy (non-hydrogen) atoms. The van der Waals surface area contributed by atoms with Gasteiger partial charge < -0.3 is 24.8 Å². The maximum atomic E-state index is 11.2. The Hall–Kier alpha value is -3.55. The summed E-state index contributed by atoms with van der Waals surface area (Å²) >= 11 is 6.24. The standard InChI is InChI=1S/C26H24ClN3O4/c1-16-12-19(7-8-20(16)26(31)32)33-15-18-14-30(11-10-28-18)25-21-4-2-3-5-23(21)34-24-9-6-17(27)13-22(24)29-25/h2-9,12-13,18,28H,10-11,14-15H2,1H3,(H,31,32). The van der Waals surface area contributed by atoms with Gasteiger partial charge in [-0.1, -0.05) is 23.7 Å². The van der Waals surface area contributed by atoms with Crippen molar-refractivity contribution in [2.45, 2.75) is 13.0 Å². The van der Waals surface area contributed by atoms with E-state index in [0.29, 0.717) is 40.9 Å². The van der Waals surface area contributed by atoms with Crippen LogP contribution >= 0.6 is 11.6 Å². The Labute approximate surface area is 202 Å². The molecule has 3 aromatic rings. The molecule has 1 atom stereocenters. The molecule has 2 aliphatic rings. The molecule has 0 spiro atoms. The highest BCUT2D eigenvalue weighted by Crippen LogP contribution is 2.39. The van der Waals surface area contributed by atoms with Gasteiger partial charge in [-0.05, 0) is 61.0 Å². The van der Waals surface area contributed by atoms with E-state index in [2.05, 4.69) is 10.2 Å². The molecule has 2 aliphatic heterocycles. The highest BCUT2D eigenvalue weighted by molar-refractivity contribution is 6.31. The SMILES string of the molecule is Cc1cc(OCC2CN(C3=Nc4cc(Cl)ccc4Oc4ccccc43)CCN2)ccc1C(=O)O. The van der Waals surface area contributed by atoms with Crippen LogP contribution < -0.4 is 14.8 Å². The number of nitrogens with one attached hydrogen (secondary N) is 1. The number of para-hydroxylation sites is 1. The second kappa shape index (κ2) is 9.37. The number of hydrogen-bond acceptors (Lipinski definition) is 6. The van der Waals surface area contributed by atoms with Crippen molar-refractivity contribution in [2.75, 3.05) is 26.2 Å². The Balaban J connectivity index is 1.36. The zero-order valence-electron chi connectivity index (χ0n) is 18.6. The predicted molar refractivity (Wildman–Crippen MR) is 131 cm³/mol. The lowest BCUT2D eigenvalue weighted by Gasteiger charge is -2.35. The molecule has 1 unspecified atom stereocenters. The fourth-order valence-corrected chi connectivity index (χ4v) is 4.40. The van der Waals surface area contributed by atoms with Gasteiger partial charge in [0.05, 0.1) is 17.2 Å². The number of fused-ring (bicyclic) bond motifs is 2. The van der Waals surface area contributed by atoms with Crippen LogP contribution in [-0.2, 0) is 0 Å². The minimum Gasteiger partial charge on any atom is -0.492 e. The Bertz CT molecular complexity index is 1280. The number of aryl methyl sites for hydroxylation is 1. The number of aromatic carboxylic acids is 1. The van der Waals surface area contributed by atoms with Gasteiger partial charge in [0.1, 0.15) is 29.6 Å². The highest BCUT2D eigenvalue weighted by atomic mass is 35.5. The van der Waals surface area contributed by atoms with Crippen molar-refractivity contribution >= 4 is 29.1 Å². The molecule has 0 amide bonds. The van der Waals surface area contributed by atoms with Crippen LogP contribution in [-0.4, -0.2) is 54.1 Å². The van der Waals surface area contributed by atoms with Crippen LogP contribution in [0, 0.1) is 6.92 Å². The lowest BCUT2D eigenvalue weighted by Crippen LogP contribution is -2.54. The molecule has 0 radical (unpaired) electrons. The van der Waals surface area contributed by atoms with Gasteiger partial charge >= 0.3 is 5.97 Å². The zero-order valence-corrected chi connectivity index (χ0v) is 19.4. The number of carboxylic acids is 1. The van der Waals surface area contributed by atoms with Crippen molar-refractivity contribution in [3.63, 3.8) is 0 Å². The molecule has 2 N–H and O–H groups in total. The van der Waals surface area contributed by atoms with E-state index in [9.17, 15) is 9.90 Å². The second-order valence-corrected chi connectivity index (χ2v) is 8.77. The molecule has 3 aromatic carbocycles. The molecule has 5 rings (SSSR count). The monoisotopic (exact) mass is 477 g/mol. The van der Waals surface area contributed by atoms with Gasteiger partial charge in [-0.2, -0.15) is 0 Å². The van der Waals surface area contributed by atoms with Crippen molar-refractivity contribution < 1.29 is 19.4 Å². The minimum absolute atomic E-state index is 0.0612. The van der Waals surface area contributed by atoms with Crippen molar-refractivity contribution in [3.05, 3.63) is 82.4 Å². The average molecular weight is 478 g/mol. The van der Waals surface area contributed by atoms with E-state index in [1.807, 2.05) is 36.4 Å². The quantitative estimate of drug-likeness (QED) is 0.557. The lowest BCUT2D eigenvalue weighted by molar-refractivity contribution is 0.0696. The first kappa shape index (κ1) is 22.3. The third-order valence-corrected chi connectivity index (χ3v) is 6.16. The van der Waals surface area contributed by atoms with Crippen molar-refractivity contribution in [2.24, 2.45) is 4.99 Å². The molecule has 1 saturated heterocycles. The summed E-state index contributed by atoms with van der Waals surface area (Å²) in [5.41, 5.74) is 2.57. The minimum atomic E-state index is -0.940. The number of aliphatic imine (C=N–C) groups is 1. The fourth-order valence-electron chi connectivity index (χ4n) is 4.23. The molecular formula is C26H24ClN3O4. The van der Waals surface area contributed by atoms with E-state index in [1.54, 1.807) is 31.2 Å². The molecule has 0 aliphatic carbocycles. The predicted octanol–water partition coefficient (Wildman–Crippen LogP) is 4.88. The van der Waals surface area contributed by atoms with Crippen LogP contribution in [0.2, 0.25) is 5.02 Å². The fraction of sp³-hybridized carbons (Fsp3) is 0.231. The Morgan fingerprint density at radius 1 is 1.21 bits per heavy atom. The number of hydrogen-bond donors (Lipinski definition) is 2. The first-order valence-electron chi connectivity index (χ1n) is 11.1. The third kappa shape index (κ3) is 4.58. The van der Waals surface area contributed by atoms with E-state index in [1.165, 1.54) is 0 Å². The summed E-state index contributed by atoms with van der Waals surface area (Å²) < 4.78 is 12.2. The summed E-state index contributed by atoms with van der Waals surface area (Å²) in [6.07, 6.45) is 0. The van der Waals surface area contributed by atoms with Crippen LogP contribution in [0.5, 0.6) is 17.2 Å². The summed E-state index contributed by atoms with van der Waals surface area (Å²) in [5.74, 6) is 1.97. The second-order valence-electron chi connectivity index (χ2n) is 8.34. The van der Waals surface area contributed by atoms with Crippen molar-refractivity contribution in [1.82, 2.24) is 10.2 Å². The summed E-state index contributed by atoms with van der Waals surface area (Å²) in [4.78, 5) is 18.5. The van der Waals surface area contributed by atoms with E-state index < -0.39 is 5.97 Å². The number of piperazine rings is 1. The average Bonchev–Trinajstić information content (AvgIpc) is 2.99. The maximum Gasteiger partial charge on any atom is 0.335 e. The highest BCUT2D eigenvalue weighted by Gasteiger charge is 2.27. The molecule has 7 nitrogen and oxygen atoms in total. The maximum absolute atomic E-state index is 11.2. The van der Waals surface area contributed by atoms with E-state index in [4.69, 9.17) is 26.1 Å². The molecular weight excluding hydrogens is 454 g/mol. The topological polar surface area (TPSA) is 83.4 Å². The van der Waals surface area contributed by atoms with Crippen LogP contribution in [0.4, 0.5) is 5.69 Å². The first-order valence-corrected chi connectivity index (χ1v) is 11.5. The number of carboxylic acid groups (broad SMARTS) is 1. The van der Waals surface area contributed by atoms with Crippen LogP contribution in [0.25, 0.3) is 0 Å². The number of amidine groups is 1. The van der Waals surface area contributed by atoms with Crippen LogP contribution in [0.15, 0.2) is 65.7 Å². The van der Waals surface area contributed by atoms with Crippen molar-refractivity contribution in [3.8, 4) is 17.2 Å². The zero-order chi connectivity index (χ0) is 23.7. The van der Waals surface area contributed by atoms with Crippen molar-refractivity contribution in [1.29, 1.82) is 0 Å². The number of nitrogens with zero attached hydrogens (tertiary/aromatic N) is 2. The molecule has 174 valence electrons. The molecule has 0 aromatic heterocycles. The Morgan fingerprint density at radius 2 is 2.06 bits per heavy atom.